The summed E-state index contributed by atoms with van der Waals surface area (Å²) in [6.45, 7) is 1.56. The molecular formula is C20H27ClN2O3S. The van der Waals surface area contributed by atoms with Crippen molar-refractivity contribution in [3.05, 3.63) is 28.8 Å². The van der Waals surface area contributed by atoms with Crippen molar-refractivity contribution in [2.75, 3.05) is 17.1 Å². The Labute approximate surface area is 166 Å². The topological polar surface area (TPSA) is 66.5 Å². The molecule has 0 unspecified atom stereocenters. The molecule has 4 bridgehead atoms. The van der Waals surface area contributed by atoms with Gasteiger partial charge in [0, 0.05) is 10.6 Å². The minimum absolute atomic E-state index is 0.127. The van der Waals surface area contributed by atoms with Crippen molar-refractivity contribution >= 4 is 33.2 Å². The number of carbonyl (C=O) groups is 1. The van der Waals surface area contributed by atoms with E-state index in [1.807, 2.05) is 0 Å². The molecule has 0 heterocycles. The minimum atomic E-state index is -3.60. The number of sulfonamides is 1. The summed E-state index contributed by atoms with van der Waals surface area (Å²) >= 11 is 6.17. The van der Waals surface area contributed by atoms with Gasteiger partial charge in [0.2, 0.25) is 15.9 Å². The number of benzene rings is 1. The van der Waals surface area contributed by atoms with Crippen molar-refractivity contribution in [3.63, 3.8) is 0 Å². The first-order chi connectivity index (χ1) is 12.7. The molecule has 5 nitrogen and oxygen atoms in total. The third kappa shape index (κ3) is 3.70. The second kappa shape index (κ2) is 6.66. The first kappa shape index (κ1) is 19.1. The van der Waals surface area contributed by atoms with E-state index in [1.165, 1.54) is 23.6 Å². The largest absolute Gasteiger partial charge is 0.349 e. The monoisotopic (exact) mass is 410 g/mol. The van der Waals surface area contributed by atoms with E-state index in [1.54, 1.807) is 25.1 Å². The van der Waals surface area contributed by atoms with Gasteiger partial charge in [-0.1, -0.05) is 17.7 Å². The summed E-state index contributed by atoms with van der Waals surface area (Å²) in [6, 6.07) is 5.12. The average Bonchev–Trinajstić information content (AvgIpc) is 2.53. The van der Waals surface area contributed by atoms with E-state index in [4.69, 9.17) is 11.6 Å². The van der Waals surface area contributed by atoms with Crippen LogP contribution in [0.5, 0.6) is 0 Å². The summed E-state index contributed by atoms with van der Waals surface area (Å²) in [5, 5.41) is 3.74. The zero-order valence-electron chi connectivity index (χ0n) is 15.9. The van der Waals surface area contributed by atoms with Crippen molar-refractivity contribution in [3.8, 4) is 0 Å². The maximum absolute atomic E-state index is 12.9. The van der Waals surface area contributed by atoms with Crippen LogP contribution in [-0.2, 0) is 14.8 Å². The normalized spacial score (nSPS) is 31.7. The molecule has 4 aliphatic carbocycles. The Kier molecular flexibility index (Phi) is 4.70. The van der Waals surface area contributed by atoms with Crippen LogP contribution < -0.4 is 9.62 Å². The molecule has 4 saturated carbocycles. The quantitative estimate of drug-likeness (QED) is 0.807. The lowest BCUT2D eigenvalue weighted by Gasteiger charge is -2.57. The van der Waals surface area contributed by atoms with Crippen LogP contribution in [0, 0.1) is 24.7 Å². The molecule has 4 aliphatic rings. The van der Waals surface area contributed by atoms with Crippen LogP contribution in [0.4, 0.5) is 5.69 Å². The van der Waals surface area contributed by atoms with E-state index in [0.29, 0.717) is 16.3 Å². The first-order valence-electron chi connectivity index (χ1n) is 9.69. The summed E-state index contributed by atoms with van der Waals surface area (Å²) < 4.78 is 26.0. The molecular weight excluding hydrogens is 384 g/mol. The van der Waals surface area contributed by atoms with Crippen LogP contribution in [0.2, 0.25) is 5.02 Å². The molecule has 27 heavy (non-hydrogen) atoms. The van der Waals surface area contributed by atoms with Gasteiger partial charge < -0.3 is 5.32 Å². The van der Waals surface area contributed by atoms with Crippen LogP contribution in [0.1, 0.15) is 44.1 Å². The van der Waals surface area contributed by atoms with E-state index >= 15 is 0 Å². The Hall–Kier alpha value is -1.27. The lowest BCUT2D eigenvalue weighted by atomic mass is 9.53. The van der Waals surface area contributed by atoms with E-state index in [0.717, 1.165) is 43.3 Å². The van der Waals surface area contributed by atoms with Gasteiger partial charge in [-0.25, -0.2) is 8.42 Å². The zero-order valence-corrected chi connectivity index (χ0v) is 17.4. The second-order valence-corrected chi connectivity index (χ2v) is 11.2. The van der Waals surface area contributed by atoms with Crippen molar-refractivity contribution in [1.29, 1.82) is 0 Å². The summed E-state index contributed by atoms with van der Waals surface area (Å²) in [5.41, 5.74) is 0.996. The zero-order chi connectivity index (χ0) is 19.4. The molecule has 0 saturated heterocycles. The number of carbonyl (C=O) groups excluding carboxylic acids is 1. The third-order valence-electron chi connectivity index (χ3n) is 6.64. The van der Waals surface area contributed by atoms with E-state index < -0.39 is 10.0 Å². The summed E-state index contributed by atoms with van der Waals surface area (Å²) in [5.74, 6) is 1.94. The molecule has 7 heteroatoms. The fourth-order valence-electron chi connectivity index (χ4n) is 5.98. The molecule has 1 aromatic carbocycles. The van der Waals surface area contributed by atoms with Gasteiger partial charge >= 0.3 is 0 Å². The Balaban J connectivity index is 1.54. The molecule has 1 N–H and O–H groups in total. The fraction of sp³-hybridized carbons (Fsp3) is 0.650. The lowest BCUT2D eigenvalue weighted by Crippen LogP contribution is -2.61. The van der Waals surface area contributed by atoms with Crippen LogP contribution in [-0.4, -0.2) is 32.7 Å². The van der Waals surface area contributed by atoms with Gasteiger partial charge in [0.1, 0.15) is 6.54 Å². The molecule has 1 amide bonds. The van der Waals surface area contributed by atoms with E-state index in [9.17, 15) is 13.2 Å². The molecule has 4 fully saturated rings. The number of hydrogen-bond donors (Lipinski definition) is 1. The van der Waals surface area contributed by atoms with Gasteiger partial charge in [-0.2, -0.15) is 0 Å². The maximum atomic E-state index is 12.9. The van der Waals surface area contributed by atoms with Gasteiger partial charge in [0.25, 0.3) is 0 Å². The maximum Gasteiger partial charge on any atom is 0.241 e. The van der Waals surface area contributed by atoms with Gasteiger partial charge in [-0.05, 0) is 80.9 Å². The molecule has 0 aliphatic heterocycles. The van der Waals surface area contributed by atoms with Crippen molar-refractivity contribution in [1.82, 2.24) is 5.32 Å². The summed E-state index contributed by atoms with van der Waals surface area (Å²) in [6.07, 6.45) is 8.15. The van der Waals surface area contributed by atoms with Gasteiger partial charge in [0.05, 0.1) is 11.9 Å². The number of nitrogens with zero attached hydrogens (tertiary/aromatic N) is 1. The molecule has 0 radical (unpaired) electrons. The van der Waals surface area contributed by atoms with Gasteiger partial charge in [0.15, 0.2) is 0 Å². The van der Waals surface area contributed by atoms with E-state index in [2.05, 4.69) is 5.32 Å². The highest BCUT2D eigenvalue weighted by atomic mass is 35.5. The second-order valence-electron chi connectivity index (χ2n) is 8.90. The number of halogens is 1. The predicted octanol–water partition coefficient (Wildman–Crippen LogP) is 3.50. The Morgan fingerprint density at radius 3 is 2.26 bits per heavy atom. The fourth-order valence-corrected chi connectivity index (χ4v) is 7.05. The molecule has 0 atom stereocenters. The minimum Gasteiger partial charge on any atom is -0.349 e. The number of hydrogen-bond acceptors (Lipinski definition) is 3. The van der Waals surface area contributed by atoms with Crippen LogP contribution in [0.25, 0.3) is 0 Å². The summed E-state index contributed by atoms with van der Waals surface area (Å²) in [4.78, 5) is 12.9. The molecule has 148 valence electrons. The molecule has 0 aromatic heterocycles. The van der Waals surface area contributed by atoms with Crippen LogP contribution in [0.15, 0.2) is 18.2 Å². The van der Waals surface area contributed by atoms with Crippen molar-refractivity contribution in [2.45, 2.75) is 51.0 Å². The number of nitrogens with one attached hydrogen (secondary N) is 1. The highest BCUT2D eigenvalue weighted by molar-refractivity contribution is 7.92. The molecule has 5 rings (SSSR count). The summed E-state index contributed by atoms with van der Waals surface area (Å²) in [7, 11) is -3.60. The highest BCUT2D eigenvalue weighted by Gasteiger charge is 2.51. The van der Waals surface area contributed by atoms with Gasteiger partial charge in [-0.15, -0.1) is 0 Å². The third-order valence-corrected chi connectivity index (χ3v) is 8.17. The number of anilines is 1. The molecule has 0 spiro atoms. The van der Waals surface area contributed by atoms with Crippen molar-refractivity contribution in [2.24, 2.45) is 17.8 Å². The average molecular weight is 411 g/mol. The van der Waals surface area contributed by atoms with Crippen molar-refractivity contribution < 1.29 is 13.2 Å². The Morgan fingerprint density at radius 1 is 1.19 bits per heavy atom. The standard InChI is InChI=1S/C20H27ClN2O3S/c1-13-17(21)4-3-5-18(13)23(27(2,25)26)12-19(24)22-20-9-14-6-15(10-20)8-16(7-14)11-20/h3-5,14-16H,6-12H2,1-2H3,(H,22,24). The number of rotatable bonds is 5. The lowest BCUT2D eigenvalue weighted by molar-refractivity contribution is -0.125. The van der Waals surface area contributed by atoms with E-state index in [-0.39, 0.29) is 18.0 Å². The number of amides is 1. The van der Waals surface area contributed by atoms with Crippen LogP contribution >= 0.6 is 11.6 Å². The Morgan fingerprint density at radius 2 is 1.74 bits per heavy atom. The first-order valence-corrected chi connectivity index (χ1v) is 11.9. The predicted molar refractivity (Wildman–Crippen MR) is 107 cm³/mol. The smallest absolute Gasteiger partial charge is 0.241 e. The highest BCUT2D eigenvalue weighted by Crippen LogP contribution is 2.55. The SMILES string of the molecule is Cc1c(Cl)cccc1N(CC(=O)NC12CC3CC(CC(C3)C1)C2)S(C)(=O)=O. The molecule has 1 aromatic rings. The van der Waals surface area contributed by atoms with Gasteiger partial charge in [-0.3, -0.25) is 9.10 Å². The van der Waals surface area contributed by atoms with Crippen LogP contribution in [0.3, 0.4) is 0 Å². The Bertz CT molecular complexity index is 833.